The van der Waals surface area contributed by atoms with Gasteiger partial charge in [-0.05, 0) is 34.6 Å². The fraction of sp³-hybridized carbons (Fsp3) is 0.818. The van der Waals surface area contributed by atoms with Gasteiger partial charge >= 0.3 is 12.1 Å². The second-order valence-corrected chi connectivity index (χ2v) is 5.45. The molecular formula is C11H21NO5. The molecule has 100 valence electrons. The number of ether oxygens (including phenoxy) is 1. The fourth-order valence-electron chi connectivity index (χ4n) is 1.10. The Morgan fingerprint density at radius 3 is 2.00 bits per heavy atom. The number of amides is 1. The number of hydrogen-bond acceptors (Lipinski definition) is 4. The van der Waals surface area contributed by atoms with Gasteiger partial charge in [-0.2, -0.15) is 0 Å². The second kappa shape index (κ2) is 5.35. The van der Waals surface area contributed by atoms with Crippen LogP contribution in [0.5, 0.6) is 0 Å². The number of carboxylic acids is 1. The average molecular weight is 247 g/mol. The largest absolute Gasteiger partial charge is 0.481 e. The molecule has 0 unspecified atom stereocenters. The van der Waals surface area contributed by atoms with Gasteiger partial charge in [0, 0.05) is 0 Å². The molecule has 0 fully saturated rings. The average Bonchev–Trinajstić information content (AvgIpc) is 1.95. The van der Waals surface area contributed by atoms with E-state index in [9.17, 15) is 14.7 Å². The number of rotatable bonds is 4. The first kappa shape index (κ1) is 15.7. The third kappa shape index (κ3) is 7.57. The summed E-state index contributed by atoms with van der Waals surface area (Å²) in [5.74, 6) is -1.10. The summed E-state index contributed by atoms with van der Waals surface area (Å²) in [7, 11) is 0. The Hall–Kier alpha value is -1.30. The molecule has 6 heteroatoms. The molecule has 3 N–H and O–H groups in total. The molecule has 0 heterocycles. The molecule has 0 bridgehead atoms. The van der Waals surface area contributed by atoms with E-state index in [0.717, 1.165) is 0 Å². The summed E-state index contributed by atoms with van der Waals surface area (Å²) in [5, 5.41) is 20.8. The van der Waals surface area contributed by atoms with Gasteiger partial charge in [-0.1, -0.05) is 0 Å². The molecule has 17 heavy (non-hydrogen) atoms. The minimum atomic E-state index is -1.34. The van der Waals surface area contributed by atoms with E-state index in [0.29, 0.717) is 0 Å². The van der Waals surface area contributed by atoms with Gasteiger partial charge in [-0.3, -0.25) is 4.79 Å². The van der Waals surface area contributed by atoms with Crippen LogP contribution in [0.15, 0.2) is 0 Å². The summed E-state index contributed by atoms with van der Waals surface area (Å²) in [5.41, 5.74) is -2.01. The maximum Gasteiger partial charge on any atom is 0.407 e. The van der Waals surface area contributed by atoms with E-state index in [4.69, 9.17) is 9.84 Å². The van der Waals surface area contributed by atoms with Crippen molar-refractivity contribution < 1.29 is 24.5 Å². The molecule has 0 spiro atoms. The molecule has 0 saturated carbocycles. The summed E-state index contributed by atoms with van der Waals surface area (Å²) in [6.45, 7) is 7.95. The number of aliphatic carboxylic acids is 1. The Balaban J connectivity index is 4.55. The van der Waals surface area contributed by atoms with Crippen molar-refractivity contribution >= 4 is 12.1 Å². The van der Waals surface area contributed by atoms with Gasteiger partial charge in [-0.25, -0.2) is 4.79 Å². The van der Waals surface area contributed by atoms with Crippen LogP contribution >= 0.6 is 0 Å². The van der Waals surface area contributed by atoms with Gasteiger partial charge in [0.15, 0.2) is 0 Å². The lowest BCUT2D eigenvalue weighted by atomic mass is 9.96. The van der Waals surface area contributed by atoms with Crippen molar-refractivity contribution in [3.8, 4) is 0 Å². The lowest BCUT2D eigenvalue weighted by Crippen LogP contribution is -2.51. The van der Waals surface area contributed by atoms with Crippen LogP contribution in [0.4, 0.5) is 4.79 Å². The molecule has 1 atom stereocenters. The van der Waals surface area contributed by atoms with Crippen molar-refractivity contribution in [1.29, 1.82) is 0 Å². The lowest BCUT2D eigenvalue weighted by molar-refractivity contribution is -0.139. The van der Waals surface area contributed by atoms with Gasteiger partial charge in [0.1, 0.15) is 5.60 Å². The van der Waals surface area contributed by atoms with E-state index < -0.39 is 29.3 Å². The highest BCUT2D eigenvalue weighted by Crippen LogP contribution is 2.14. The predicted molar refractivity (Wildman–Crippen MR) is 61.7 cm³/mol. The first-order chi connectivity index (χ1) is 7.42. The molecule has 0 aromatic rings. The van der Waals surface area contributed by atoms with Crippen LogP contribution in [0.25, 0.3) is 0 Å². The minimum absolute atomic E-state index is 0.372. The Morgan fingerprint density at radius 1 is 1.24 bits per heavy atom. The minimum Gasteiger partial charge on any atom is -0.481 e. The number of carbonyl (C=O) groups is 2. The summed E-state index contributed by atoms with van der Waals surface area (Å²) < 4.78 is 4.99. The van der Waals surface area contributed by atoms with E-state index in [1.54, 1.807) is 20.8 Å². The Labute approximate surface area is 101 Å². The highest BCUT2D eigenvalue weighted by Gasteiger charge is 2.31. The lowest BCUT2D eigenvalue weighted by Gasteiger charge is -2.30. The fourth-order valence-corrected chi connectivity index (χ4v) is 1.10. The standard InChI is InChI=1S/C11H21NO5/c1-10(2,3)17-9(15)12-7(6-8(13)14)11(4,5)16/h7,16H,6H2,1-5H3,(H,12,15)(H,13,14)/t7-/m1/s1. The maximum absolute atomic E-state index is 11.5. The third-order valence-electron chi connectivity index (χ3n) is 1.92. The quantitative estimate of drug-likeness (QED) is 0.692. The molecule has 0 rings (SSSR count). The third-order valence-corrected chi connectivity index (χ3v) is 1.92. The molecule has 1 amide bonds. The van der Waals surface area contributed by atoms with Gasteiger partial charge < -0.3 is 20.3 Å². The zero-order valence-electron chi connectivity index (χ0n) is 10.9. The maximum atomic E-state index is 11.5. The van der Waals surface area contributed by atoms with Crippen LogP contribution in [0.1, 0.15) is 41.0 Å². The zero-order valence-corrected chi connectivity index (χ0v) is 10.9. The summed E-state index contributed by atoms with van der Waals surface area (Å²) in [6, 6.07) is -0.908. The van der Waals surface area contributed by atoms with E-state index in [1.165, 1.54) is 13.8 Å². The van der Waals surface area contributed by atoms with Crippen LogP contribution in [0.2, 0.25) is 0 Å². The van der Waals surface area contributed by atoms with Crippen molar-refractivity contribution in [2.45, 2.75) is 58.3 Å². The molecule has 0 aliphatic rings. The molecule has 0 saturated heterocycles. The number of carbonyl (C=O) groups excluding carboxylic acids is 1. The number of carboxylic acid groups (broad SMARTS) is 1. The van der Waals surface area contributed by atoms with Crippen molar-refractivity contribution in [3.63, 3.8) is 0 Å². The molecule has 0 aromatic carbocycles. The SMILES string of the molecule is CC(C)(C)OC(=O)N[C@H](CC(=O)O)C(C)(C)O. The molecule has 0 radical (unpaired) electrons. The first-order valence-electron chi connectivity index (χ1n) is 5.35. The molecule has 0 aliphatic carbocycles. The molecule has 0 aliphatic heterocycles. The van der Waals surface area contributed by atoms with E-state index in [2.05, 4.69) is 5.32 Å². The van der Waals surface area contributed by atoms with Crippen LogP contribution in [0, 0.1) is 0 Å². The summed E-state index contributed by atoms with van der Waals surface area (Å²) >= 11 is 0. The number of alkyl carbamates (subject to hydrolysis) is 1. The zero-order chi connectivity index (χ0) is 13.9. The van der Waals surface area contributed by atoms with Crippen molar-refractivity contribution in [2.75, 3.05) is 0 Å². The van der Waals surface area contributed by atoms with E-state index in [-0.39, 0.29) is 6.42 Å². The monoisotopic (exact) mass is 247 g/mol. The topological polar surface area (TPSA) is 95.9 Å². The molecule has 0 aromatic heterocycles. The van der Waals surface area contributed by atoms with Crippen LogP contribution in [-0.2, 0) is 9.53 Å². The van der Waals surface area contributed by atoms with Crippen LogP contribution < -0.4 is 5.32 Å². The smallest absolute Gasteiger partial charge is 0.407 e. The first-order valence-corrected chi connectivity index (χ1v) is 5.35. The predicted octanol–water partition coefficient (Wildman–Crippen LogP) is 1.13. The normalized spacial score (nSPS) is 14.0. The second-order valence-electron chi connectivity index (χ2n) is 5.45. The van der Waals surface area contributed by atoms with Gasteiger partial charge in [-0.15, -0.1) is 0 Å². The van der Waals surface area contributed by atoms with Crippen molar-refractivity contribution in [2.24, 2.45) is 0 Å². The molecule has 6 nitrogen and oxygen atoms in total. The van der Waals surface area contributed by atoms with E-state index in [1.807, 2.05) is 0 Å². The van der Waals surface area contributed by atoms with E-state index >= 15 is 0 Å². The van der Waals surface area contributed by atoms with Crippen molar-refractivity contribution in [3.05, 3.63) is 0 Å². The Morgan fingerprint density at radius 2 is 1.71 bits per heavy atom. The summed E-state index contributed by atoms with van der Waals surface area (Å²) in [4.78, 5) is 22.1. The van der Waals surface area contributed by atoms with Crippen LogP contribution in [-0.4, -0.2) is 39.5 Å². The number of aliphatic hydroxyl groups is 1. The van der Waals surface area contributed by atoms with Crippen molar-refractivity contribution in [1.82, 2.24) is 5.32 Å². The summed E-state index contributed by atoms with van der Waals surface area (Å²) in [6.07, 6.45) is -1.12. The highest BCUT2D eigenvalue weighted by molar-refractivity contribution is 5.72. The number of hydrogen-bond donors (Lipinski definition) is 3. The molecular weight excluding hydrogens is 226 g/mol. The van der Waals surface area contributed by atoms with Gasteiger partial charge in [0.25, 0.3) is 0 Å². The highest BCUT2D eigenvalue weighted by atomic mass is 16.6. The van der Waals surface area contributed by atoms with Gasteiger partial charge in [0.2, 0.25) is 0 Å². The number of nitrogens with one attached hydrogen (secondary N) is 1. The Bertz CT molecular complexity index is 287. The van der Waals surface area contributed by atoms with Crippen LogP contribution in [0.3, 0.4) is 0 Å². The van der Waals surface area contributed by atoms with Gasteiger partial charge in [0.05, 0.1) is 18.1 Å². The Kier molecular flexibility index (Phi) is 4.94.